The molecule has 0 unspecified atom stereocenters. The van der Waals surface area contributed by atoms with Crippen LogP contribution in [0.25, 0.3) is 16.8 Å². The molecule has 21 heavy (non-hydrogen) atoms. The van der Waals surface area contributed by atoms with Crippen LogP contribution in [-0.4, -0.2) is 11.1 Å². The van der Waals surface area contributed by atoms with Gasteiger partial charge in [-0.3, -0.25) is 4.79 Å². The highest BCUT2D eigenvalue weighted by Gasteiger charge is 2.36. The van der Waals surface area contributed by atoms with Gasteiger partial charge < -0.3 is 10.3 Å². The highest BCUT2D eigenvalue weighted by atomic mass is 19.4. The summed E-state index contributed by atoms with van der Waals surface area (Å²) in [4.78, 5) is 11.0. The van der Waals surface area contributed by atoms with Crippen molar-refractivity contribution in [3.8, 4) is 11.3 Å². The number of benzene rings is 1. The summed E-state index contributed by atoms with van der Waals surface area (Å²) < 4.78 is 41.7. The number of nitrogens with two attached hydrogens (primary N) is 1. The quantitative estimate of drug-likeness (QED) is 0.884. The number of primary amides is 1. The zero-order chi connectivity index (χ0) is 15.8. The highest BCUT2D eigenvalue weighted by molar-refractivity contribution is 6.17. The maximum Gasteiger partial charge on any atom is 0.452 e. The average Bonchev–Trinajstić information content (AvgIpc) is 2.86. The fourth-order valence-corrected chi connectivity index (χ4v) is 1.82. The Bertz CT molecular complexity index is 717. The molecule has 0 spiro atoms. The summed E-state index contributed by atoms with van der Waals surface area (Å²) in [6.45, 7) is 5.22. The van der Waals surface area contributed by atoms with E-state index in [4.69, 9.17) is 5.73 Å². The molecule has 1 amide bonds. The summed E-state index contributed by atoms with van der Waals surface area (Å²) in [6, 6.07) is 5.50. The lowest BCUT2D eigenvalue weighted by atomic mass is 9.98. The summed E-state index contributed by atoms with van der Waals surface area (Å²) in [6.07, 6.45) is -4.58. The van der Waals surface area contributed by atoms with E-state index in [1.54, 1.807) is 13.0 Å². The minimum atomic E-state index is -4.58. The highest BCUT2D eigenvalue weighted by Crippen LogP contribution is 2.33. The smallest absolute Gasteiger partial charge is 0.366 e. The molecular weight excluding hydrogens is 285 g/mol. The second-order valence-electron chi connectivity index (χ2n) is 4.45. The molecule has 2 aromatic rings. The Morgan fingerprint density at radius 3 is 2.48 bits per heavy atom. The number of hydrogen-bond acceptors (Lipinski definition) is 3. The number of carbonyl (C=O) groups is 1. The molecule has 7 heteroatoms. The van der Waals surface area contributed by atoms with Gasteiger partial charge in [-0.15, -0.1) is 0 Å². The van der Waals surface area contributed by atoms with Gasteiger partial charge in [-0.05, 0) is 18.1 Å². The lowest BCUT2D eigenvalue weighted by Crippen LogP contribution is -2.12. The Morgan fingerprint density at radius 2 is 2.00 bits per heavy atom. The fourth-order valence-electron chi connectivity index (χ4n) is 1.82. The van der Waals surface area contributed by atoms with Crippen molar-refractivity contribution in [2.75, 3.05) is 0 Å². The third-order valence-corrected chi connectivity index (χ3v) is 2.94. The Morgan fingerprint density at radius 1 is 1.33 bits per heavy atom. The van der Waals surface area contributed by atoms with Crippen molar-refractivity contribution >= 4 is 11.5 Å². The summed E-state index contributed by atoms with van der Waals surface area (Å²) in [5.41, 5.74) is 6.91. The van der Waals surface area contributed by atoms with Gasteiger partial charge >= 0.3 is 6.18 Å². The van der Waals surface area contributed by atoms with Crippen molar-refractivity contribution in [2.24, 2.45) is 5.73 Å². The molecule has 0 saturated heterocycles. The lowest BCUT2D eigenvalue weighted by molar-refractivity contribution is -0.155. The lowest BCUT2D eigenvalue weighted by Gasteiger charge is -2.06. The molecule has 0 aliphatic rings. The number of hydrogen-bond donors (Lipinski definition) is 1. The number of alkyl halides is 3. The predicted molar refractivity (Wildman–Crippen MR) is 69.9 cm³/mol. The van der Waals surface area contributed by atoms with Crippen molar-refractivity contribution in [3.63, 3.8) is 0 Å². The minimum Gasteiger partial charge on any atom is -0.366 e. The first-order valence-electron chi connectivity index (χ1n) is 5.84. The molecule has 4 nitrogen and oxygen atoms in total. The van der Waals surface area contributed by atoms with Crippen molar-refractivity contribution in [1.82, 2.24) is 5.16 Å². The van der Waals surface area contributed by atoms with Crippen molar-refractivity contribution < 1.29 is 22.5 Å². The van der Waals surface area contributed by atoms with Gasteiger partial charge in [0.15, 0.2) is 0 Å². The number of halogens is 3. The molecule has 0 bridgehead atoms. The second-order valence-corrected chi connectivity index (χ2v) is 4.45. The molecule has 0 saturated carbocycles. The first-order chi connectivity index (χ1) is 9.70. The van der Waals surface area contributed by atoms with Crippen molar-refractivity contribution in [2.45, 2.75) is 13.1 Å². The van der Waals surface area contributed by atoms with Crippen LogP contribution in [0.4, 0.5) is 13.2 Å². The van der Waals surface area contributed by atoms with E-state index in [-0.39, 0.29) is 11.3 Å². The molecule has 0 radical (unpaired) electrons. The van der Waals surface area contributed by atoms with Gasteiger partial charge in [0.25, 0.3) is 0 Å². The Hall–Kier alpha value is -2.57. The molecule has 0 fully saturated rings. The van der Waals surface area contributed by atoms with Crippen molar-refractivity contribution in [1.29, 1.82) is 0 Å². The number of aryl methyl sites for hydroxylation is 1. The molecule has 1 aromatic carbocycles. The summed E-state index contributed by atoms with van der Waals surface area (Å²) in [5, 5.41) is 3.41. The van der Waals surface area contributed by atoms with Crippen LogP contribution < -0.4 is 5.73 Å². The number of nitrogens with zero attached hydrogens (tertiary/aromatic N) is 1. The van der Waals surface area contributed by atoms with Crippen LogP contribution in [0.15, 0.2) is 35.4 Å². The number of rotatable bonds is 3. The average molecular weight is 296 g/mol. The third kappa shape index (κ3) is 2.96. The van der Waals surface area contributed by atoms with Crippen molar-refractivity contribution in [3.05, 3.63) is 47.7 Å². The van der Waals surface area contributed by atoms with Crippen LogP contribution in [0.3, 0.4) is 0 Å². The topological polar surface area (TPSA) is 69.1 Å². The van der Waals surface area contributed by atoms with Gasteiger partial charge in [0.1, 0.15) is 5.69 Å². The number of carbonyl (C=O) groups excluding carboxylic acids is 1. The van der Waals surface area contributed by atoms with Crippen LogP contribution in [-0.2, 0) is 11.0 Å². The van der Waals surface area contributed by atoms with Crippen LogP contribution in [0.5, 0.6) is 0 Å². The van der Waals surface area contributed by atoms with Gasteiger partial charge in [0, 0.05) is 17.2 Å². The van der Waals surface area contributed by atoms with Crippen LogP contribution >= 0.6 is 0 Å². The van der Waals surface area contributed by atoms with E-state index in [1.807, 2.05) is 0 Å². The zero-order valence-corrected chi connectivity index (χ0v) is 11.0. The minimum absolute atomic E-state index is 0.0658. The van der Waals surface area contributed by atoms with Crippen LogP contribution in [0, 0.1) is 6.92 Å². The predicted octanol–water partition coefficient (Wildman–Crippen LogP) is 3.17. The van der Waals surface area contributed by atoms with E-state index in [9.17, 15) is 18.0 Å². The number of aromatic nitrogens is 1. The second kappa shape index (κ2) is 5.08. The Balaban J connectivity index is 2.40. The molecule has 1 heterocycles. The molecule has 0 aliphatic heterocycles. The van der Waals surface area contributed by atoms with Gasteiger partial charge in [0.2, 0.25) is 11.7 Å². The van der Waals surface area contributed by atoms with E-state index < -0.39 is 17.8 Å². The van der Waals surface area contributed by atoms with E-state index in [0.29, 0.717) is 16.7 Å². The van der Waals surface area contributed by atoms with E-state index in [0.717, 1.165) is 6.07 Å². The summed E-state index contributed by atoms with van der Waals surface area (Å²) in [5.74, 6) is -1.83. The first-order valence-corrected chi connectivity index (χ1v) is 5.84. The maximum atomic E-state index is 12.5. The molecule has 0 atom stereocenters. The van der Waals surface area contributed by atoms with E-state index in [2.05, 4.69) is 16.3 Å². The van der Waals surface area contributed by atoms with Crippen LogP contribution in [0.2, 0.25) is 0 Å². The molecule has 1 aromatic heterocycles. The Kier molecular flexibility index (Phi) is 3.59. The first kappa shape index (κ1) is 14.8. The van der Waals surface area contributed by atoms with Gasteiger partial charge in [-0.25, -0.2) is 0 Å². The monoisotopic (exact) mass is 296 g/mol. The summed E-state index contributed by atoms with van der Waals surface area (Å²) in [7, 11) is 0. The summed E-state index contributed by atoms with van der Waals surface area (Å²) >= 11 is 0. The molecule has 110 valence electrons. The zero-order valence-electron chi connectivity index (χ0n) is 11.0. The molecule has 2 rings (SSSR count). The van der Waals surface area contributed by atoms with Gasteiger partial charge in [-0.2, -0.15) is 13.2 Å². The molecule has 0 aliphatic carbocycles. The molecule has 2 N–H and O–H groups in total. The SMILES string of the molecule is C=C(C(N)=O)c1ccc(-c2cc(C(F)(F)F)on2)c(C)c1. The Labute approximate surface area is 118 Å². The van der Waals surface area contributed by atoms with E-state index >= 15 is 0 Å². The fraction of sp³-hybridized carbons (Fsp3) is 0.143. The standard InChI is InChI=1S/C14H11F3N2O2/c1-7-5-9(8(2)13(18)20)3-4-10(7)11-6-12(21-19-11)14(15,16)17/h3-6H,2H2,1H3,(H2,18,20). The number of amides is 1. The van der Waals surface area contributed by atoms with Gasteiger partial charge in [0.05, 0.1) is 0 Å². The van der Waals surface area contributed by atoms with E-state index in [1.165, 1.54) is 12.1 Å². The largest absolute Gasteiger partial charge is 0.452 e. The third-order valence-electron chi connectivity index (χ3n) is 2.94. The molecular formula is C14H11F3N2O2. The maximum absolute atomic E-state index is 12.5. The van der Waals surface area contributed by atoms with Gasteiger partial charge in [-0.1, -0.05) is 29.9 Å². The normalized spacial score (nSPS) is 11.4. The van der Waals surface area contributed by atoms with Crippen LogP contribution in [0.1, 0.15) is 16.9 Å².